The quantitative estimate of drug-likeness (QED) is 0.715. The summed E-state index contributed by atoms with van der Waals surface area (Å²) in [6.07, 6.45) is 1.47. The first kappa shape index (κ1) is 19.3. The molecule has 3 aromatic rings. The second-order valence-electron chi connectivity index (χ2n) is 7.11. The summed E-state index contributed by atoms with van der Waals surface area (Å²) in [6, 6.07) is 16.5. The maximum absolute atomic E-state index is 12.6. The molecule has 0 spiro atoms. The zero-order valence-electron chi connectivity index (χ0n) is 16.1. The molecule has 0 radical (unpaired) electrons. The molecular formula is C21H22ClN5O2. The maximum atomic E-state index is 12.6. The highest BCUT2D eigenvalue weighted by molar-refractivity contribution is 6.33. The molecule has 0 bridgehead atoms. The van der Waals surface area contributed by atoms with E-state index >= 15 is 0 Å². The van der Waals surface area contributed by atoms with Crippen molar-refractivity contribution in [1.82, 2.24) is 19.2 Å². The Kier molecular flexibility index (Phi) is 5.40. The number of hydrogen-bond donors (Lipinski definition) is 1. The van der Waals surface area contributed by atoms with Crippen LogP contribution in [0.1, 0.15) is 24.6 Å². The number of benzene rings is 2. The summed E-state index contributed by atoms with van der Waals surface area (Å²) >= 11 is 6.13. The van der Waals surface area contributed by atoms with E-state index in [0.717, 1.165) is 24.4 Å². The highest BCUT2D eigenvalue weighted by Gasteiger charge is 2.29. The lowest BCUT2D eigenvalue weighted by atomic mass is 9.96. The molecule has 7 nitrogen and oxygen atoms in total. The van der Waals surface area contributed by atoms with Crippen LogP contribution >= 0.6 is 11.6 Å². The number of para-hydroxylation sites is 2. The fourth-order valence-electron chi connectivity index (χ4n) is 3.67. The number of amides is 2. The van der Waals surface area contributed by atoms with Gasteiger partial charge in [-0.2, -0.15) is 5.10 Å². The lowest BCUT2D eigenvalue weighted by Crippen LogP contribution is -2.41. The Morgan fingerprint density at radius 2 is 1.72 bits per heavy atom. The summed E-state index contributed by atoms with van der Waals surface area (Å²) in [7, 11) is 1.66. The molecule has 1 aliphatic rings. The smallest absolute Gasteiger partial charge is 0.324 e. The van der Waals surface area contributed by atoms with E-state index in [9.17, 15) is 9.59 Å². The lowest BCUT2D eigenvalue weighted by Gasteiger charge is -2.31. The second-order valence-corrected chi connectivity index (χ2v) is 7.51. The molecule has 8 heteroatoms. The summed E-state index contributed by atoms with van der Waals surface area (Å²) in [4.78, 5) is 27.0. The van der Waals surface area contributed by atoms with Crippen molar-refractivity contribution in [3.05, 3.63) is 75.9 Å². The van der Waals surface area contributed by atoms with Gasteiger partial charge in [0.25, 0.3) is 0 Å². The van der Waals surface area contributed by atoms with E-state index in [-0.39, 0.29) is 17.6 Å². The Labute approximate surface area is 173 Å². The minimum absolute atomic E-state index is 0.105. The molecule has 1 N–H and O–H groups in total. The standard InChI is InChI=1S/C21H22ClN5O2/c1-25-21(29)27(16-7-3-2-4-8-16)19(24-25)15-11-13-26(14-12-15)20(28)23-18-10-6-5-9-17(18)22/h2-10,15H,11-14H2,1H3,(H,23,28). The molecule has 29 heavy (non-hydrogen) atoms. The number of carbonyl (C=O) groups excluding carboxylic acids is 1. The van der Waals surface area contributed by atoms with Crippen LogP contribution in [0.5, 0.6) is 0 Å². The number of carbonyl (C=O) groups is 1. The number of halogens is 1. The number of rotatable bonds is 3. The SMILES string of the molecule is Cn1nc(C2CCN(C(=O)Nc3ccccc3Cl)CC2)n(-c2ccccc2)c1=O. The molecule has 1 saturated heterocycles. The van der Waals surface area contributed by atoms with Gasteiger partial charge < -0.3 is 10.2 Å². The Balaban J connectivity index is 1.48. The zero-order valence-corrected chi connectivity index (χ0v) is 16.8. The van der Waals surface area contributed by atoms with Gasteiger partial charge in [0, 0.05) is 26.1 Å². The van der Waals surface area contributed by atoms with Gasteiger partial charge in [-0.05, 0) is 37.1 Å². The van der Waals surface area contributed by atoms with Gasteiger partial charge >= 0.3 is 11.7 Å². The molecule has 0 atom stereocenters. The molecule has 2 heterocycles. The fraction of sp³-hybridized carbons (Fsp3) is 0.286. The molecule has 1 aromatic heterocycles. The number of piperidine rings is 1. The Morgan fingerprint density at radius 3 is 2.41 bits per heavy atom. The molecule has 0 aliphatic carbocycles. The average Bonchev–Trinajstić information content (AvgIpc) is 3.05. The monoisotopic (exact) mass is 411 g/mol. The molecule has 2 amide bonds. The average molecular weight is 412 g/mol. The molecule has 0 saturated carbocycles. The van der Waals surface area contributed by atoms with Gasteiger partial charge in [-0.15, -0.1) is 0 Å². The predicted octanol–water partition coefficient (Wildman–Crippen LogP) is 3.64. The van der Waals surface area contributed by atoms with Crippen LogP contribution in [-0.4, -0.2) is 38.4 Å². The number of anilines is 1. The van der Waals surface area contributed by atoms with Crippen LogP contribution in [-0.2, 0) is 7.05 Å². The van der Waals surface area contributed by atoms with Crippen molar-refractivity contribution >= 4 is 23.3 Å². The highest BCUT2D eigenvalue weighted by Crippen LogP contribution is 2.28. The Bertz CT molecular complexity index is 1070. The predicted molar refractivity (Wildman–Crippen MR) is 113 cm³/mol. The largest absolute Gasteiger partial charge is 0.350 e. The van der Waals surface area contributed by atoms with Crippen LogP contribution in [0.3, 0.4) is 0 Å². The summed E-state index contributed by atoms with van der Waals surface area (Å²) in [6.45, 7) is 1.17. The van der Waals surface area contributed by atoms with Gasteiger partial charge in [0.1, 0.15) is 5.82 Å². The minimum Gasteiger partial charge on any atom is -0.324 e. The van der Waals surface area contributed by atoms with Crippen molar-refractivity contribution < 1.29 is 4.79 Å². The van der Waals surface area contributed by atoms with Crippen LogP contribution in [0, 0.1) is 0 Å². The van der Waals surface area contributed by atoms with Gasteiger partial charge in [0.2, 0.25) is 0 Å². The number of likely N-dealkylation sites (tertiary alicyclic amines) is 1. The molecular weight excluding hydrogens is 390 g/mol. The molecule has 4 rings (SSSR count). The number of aromatic nitrogens is 3. The van der Waals surface area contributed by atoms with Gasteiger partial charge in [-0.1, -0.05) is 41.9 Å². The second kappa shape index (κ2) is 8.13. The van der Waals surface area contributed by atoms with E-state index in [2.05, 4.69) is 10.4 Å². The summed E-state index contributed by atoms with van der Waals surface area (Å²) in [5.74, 6) is 0.850. The van der Waals surface area contributed by atoms with Crippen LogP contribution < -0.4 is 11.0 Å². The first-order valence-corrected chi connectivity index (χ1v) is 9.94. The van der Waals surface area contributed by atoms with Crippen LogP contribution in [0.2, 0.25) is 5.02 Å². The first-order valence-electron chi connectivity index (χ1n) is 9.56. The molecule has 1 aliphatic heterocycles. The fourth-order valence-corrected chi connectivity index (χ4v) is 3.85. The van der Waals surface area contributed by atoms with Crippen molar-refractivity contribution in [2.45, 2.75) is 18.8 Å². The molecule has 2 aromatic carbocycles. The van der Waals surface area contributed by atoms with Gasteiger partial charge in [0.05, 0.1) is 16.4 Å². The summed E-state index contributed by atoms with van der Waals surface area (Å²) < 4.78 is 3.04. The lowest BCUT2D eigenvalue weighted by molar-refractivity contribution is 0.193. The first-order chi connectivity index (χ1) is 14.0. The molecule has 0 unspecified atom stereocenters. The number of hydrogen-bond acceptors (Lipinski definition) is 3. The van der Waals surface area contributed by atoms with E-state index in [1.54, 1.807) is 28.6 Å². The Morgan fingerprint density at radius 1 is 1.07 bits per heavy atom. The molecule has 1 fully saturated rings. The minimum atomic E-state index is -0.168. The van der Waals surface area contributed by atoms with E-state index in [1.165, 1.54) is 4.68 Å². The summed E-state index contributed by atoms with van der Waals surface area (Å²) in [5, 5.41) is 7.87. The van der Waals surface area contributed by atoms with Gasteiger partial charge in [0.15, 0.2) is 0 Å². The third-order valence-corrected chi connectivity index (χ3v) is 5.56. The van der Waals surface area contributed by atoms with Crippen molar-refractivity contribution in [2.24, 2.45) is 7.05 Å². The van der Waals surface area contributed by atoms with E-state index in [0.29, 0.717) is 23.8 Å². The van der Waals surface area contributed by atoms with Crippen LogP contribution in [0.4, 0.5) is 10.5 Å². The third-order valence-electron chi connectivity index (χ3n) is 5.23. The summed E-state index contributed by atoms with van der Waals surface area (Å²) in [5.41, 5.74) is 1.24. The van der Waals surface area contributed by atoms with Crippen molar-refractivity contribution in [2.75, 3.05) is 18.4 Å². The highest BCUT2D eigenvalue weighted by atomic mass is 35.5. The van der Waals surface area contributed by atoms with Crippen molar-refractivity contribution in [1.29, 1.82) is 0 Å². The van der Waals surface area contributed by atoms with E-state index < -0.39 is 0 Å². The van der Waals surface area contributed by atoms with E-state index in [1.807, 2.05) is 42.5 Å². The number of nitrogens with zero attached hydrogens (tertiary/aromatic N) is 4. The number of aryl methyl sites for hydroxylation is 1. The third kappa shape index (κ3) is 3.91. The number of urea groups is 1. The maximum Gasteiger partial charge on any atom is 0.350 e. The van der Waals surface area contributed by atoms with Gasteiger partial charge in [-0.25, -0.2) is 18.8 Å². The zero-order chi connectivity index (χ0) is 20.4. The topological polar surface area (TPSA) is 72.2 Å². The van der Waals surface area contributed by atoms with Crippen molar-refractivity contribution in [3.8, 4) is 5.69 Å². The molecule has 150 valence electrons. The van der Waals surface area contributed by atoms with Crippen molar-refractivity contribution in [3.63, 3.8) is 0 Å². The Hall–Kier alpha value is -3.06. The van der Waals surface area contributed by atoms with Crippen LogP contribution in [0.15, 0.2) is 59.4 Å². The van der Waals surface area contributed by atoms with Gasteiger partial charge in [-0.3, -0.25) is 0 Å². The number of nitrogens with one attached hydrogen (secondary N) is 1. The normalized spacial score (nSPS) is 14.8. The van der Waals surface area contributed by atoms with E-state index in [4.69, 9.17) is 11.6 Å². The van der Waals surface area contributed by atoms with Crippen LogP contribution in [0.25, 0.3) is 5.69 Å².